The van der Waals surface area contributed by atoms with Crippen molar-refractivity contribution in [2.45, 2.75) is 19.0 Å². The number of benzene rings is 1. The monoisotopic (exact) mass is 316 g/mol. The van der Waals surface area contributed by atoms with Gasteiger partial charge in [-0.25, -0.2) is 0 Å². The highest BCUT2D eigenvalue weighted by molar-refractivity contribution is 5.66. The van der Waals surface area contributed by atoms with Crippen molar-refractivity contribution in [3.8, 4) is 17.1 Å². The smallest absolute Gasteiger partial charge is 0.422 e. The van der Waals surface area contributed by atoms with Gasteiger partial charge in [-0.1, -0.05) is 17.3 Å². The first-order valence-electron chi connectivity index (χ1n) is 6.18. The highest BCUT2D eigenvalue weighted by Crippen LogP contribution is 2.23. The van der Waals surface area contributed by atoms with Crippen LogP contribution in [0.4, 0.5) is 13.2 Å². The summed E-state index contributed by atoms with van der Waals surface area (Å²) in [5.74, 6) is -0.689. The number of carboxylic acids is 1. The molecule has 2 rings (SSSR count). The molecule has 0 aliphatic rings. The fraction of sp³-hybridized carbons (Fsp3) is 0.308. The molecule has 0 spiro atoms. The van der Waals surface area contributed by atoms with Crippen molar-refractivity contribution in [2.75, 3.05) is 6.61 Å². The highest BCUT2D eigenvalue weighted by atomic mass is 19.4. The molecule has 0 aliphatic heterocycles. The van der Waals surface area contributed by atoms with Gasteiger partial charge in [0, 0.05) is 12.0 Å². The number of aliphatic carboxylic acids is 1. The van der Waals surface area contributed by atoms with Crippen LogP contribution in [0.3, 0.4) is 0 Å². The van der Waals surface area contributed by atoms with E-state index in [1.54, 1.807) is 6.07 Å². The van der Waals surface area contributed by atoms with E-state index < -0.39 is 18.8 Å². The number of hydrogen-bond donors (Lipinski definition) is 1. The van der Waals surface area contributed by atoms with Gasteiger partial charge in [0.15, 0.2) is 6.61 Å². The van der Waals surface area contributed by atoms with Crippen molar-refractivity contribution < 1.29 is 32.3 Å². The topological polar surface area (TPSA) is 85.5 Å². The molecule has 1 heterocycles. The Kier molecular flexibility index (Phi) is 4.64. The van der Waals surface area contributed by atoms with Crippen molar-refractivity contribution in [1.29, 1.82) is 0 Å². The summed E-state index contributed by atoms with van der Waals surface area (Å²) in [7, 11) is 0. The van der Waals surface area contributed by atoms with Gasteiger partial charge < -0.3 is 14.4 Å². The van der Waals surface area contributed by atoms with Crippen LogP contribution in [-0.4, -0.2) is 34.0 Å². The van der Waals surface area contributed by atoms with Crippen molar-refractivity contribution >= 4 is 5.97 Å². The average molecular weight is 316 g/mol. The Bertz CT molecular complexity index is 655. The molecule has 6 nitrogen and oxygen atoms in total. The van der Waals surface area contributed by atoms with Gasteiger partial charge in [-0.05, 0) is 12.1 Å². The summed E-state index contributed by atoms with van der Waals surface area (Å²) in [4.78, 5) is 14.4. The average Bonchev–Trinajstić information content (AvgIpc) is 2.91. The molecule has 0 saturated heterocycles. The summed E-state index contributed by atoms with van der Waals surface area (Å²) >= 11 is 0. The lowest BCUT2D eigenvalue weighted by atomic mass is 10.2. The summed E-state index contributed by atoms with van der Waals surface area (Å²) in [5, 5.41) is 12.2. The first kappa shape index (κ1) is 15.8. The van der Waals surface area contributed by atoms with Crippen LogP contribution >= 0.6 is 0 Å². The molecule has 0 aliphatic carbocycles. The molecule has 0 fully saturated rings. The van der Waals surface area contributed by atoms with Crippen LogP contribution in [0.1, 0.15) is 12.3 Å². The van der Waals surface area contributed by atoms with Gasteiger partial charge in [0.1, 0.15) is 5.75 Å². The molecular formula is C13H11F3N2O4. The zero-order valence-electron chi connectivity index (χ0n) is 11.1. The molecule has 118 valence electrons. The third-order valence-corrected chi connectivity index (χ3v) is 2.52. The molecular weight excluding hydrogens is 305 g/mol. The van der Waals surface area contributed by atoms with E-state index in [0.29, 0.717) is 5.56 Å². The van der Waals surface area contributed by atoms with Crippen LogP contribution < -0.4 is 4.74 Å². The van der Waals surface area contributed by atoms with Crippen LogP contribution in [0.5, 0.6) is 5.75 Å². The Balaban J connectivity index is 2.07. The molecule has 0 amide bonds. The number of aryl methyl sites for hydroxylation is 1. The normalized spacial score (nSPS) is 11.4. The van der Waals surface area contributed by atoms with Gasteiger partial charge in [0.25, 0.3) is 0 Å². The molecule has 22 heavy (non-hydrogen) atoms. The van der Waals surface area contributed by atoms with Gasteiger partial charge in [0.2, 0.25) is 11.7 Å². The van der Waals surface area contributed by atoms with E-state index >= 15 is 0 Å². The van der Waals surface area contributed by atoms with E-state index in [0.717, 1.165) is 0 Å². The van der Waals surface area contributed by atoms with Crippen LogP contribution in [0.15, 0.2) is 28.8 Å². The fourth-order valence-corrected chi connectivity index (χ4v) is 1.58. The first-order valence-corrected chi connectivity index (χ1v) is 6.18. The molecule has 0 atom stereocenters. The number of ether oxygens (including phenoxy) is 1. The van der Waals surface area contributed by atoms with Crippen molar-refractivity contribution in [1.82, 2.24) is 10.1 Å². The molecule has 1 aromatic carbocycles. The van der Waals surface area contributed by atoms with Crippen molar-refractivity contribution in [3.05, 3.63) is 30.2 Å². The second-order valence-corrected chi connectivity index (χ2v) is 4.34. The number of hydrogen-bond acceptors (Lipinski definition) is 5. The largest absolute Gasteiger partial charge is 0.484 e. The lowest BCUT2D eigenvalue weighted by molar-refractivity contribution is -0.153. The Labute approximate surface area is 122 Å². The zero-order chi connectivity index (χ0) is 16.2. The molecule has 0 unspecified atom stereocenters. The fourth-order valence-electron chi connectivity index (χ4n) is 1.58. The standard InChI is InChI=1S/C13H11F3N2O4/c14-13(15,16)7-21-9-3-1-2-8(6-9)12-17-10(22-18-12)4-5-11(19)20/h1-3,6H,4-5,7H2,(H,19,20). The number of halogens is 3. The summed E-state index contributed by atoms with van der Waals surface area (Å²) in [5.41, 5.74) is 0.407. The molecule has 1 N–H and O–H groups in total. The Hall–Kier alpha value is -2.58. The zero-order valence-corrected chi connectivity index (χ0v) is 11.1. The van der Waals surface area contributed by atoms with E-state index in [1.807, 2.05) is 0 Å². The molecule has 1 aromatic heterocycles. The van der Waals surface area contributed by atoms with Crippen LogP contribution in [0.25, 0.3) is 11.4 Å². The van der Waals surface area contributed by atoms with Crippen LogP contribution in [0.2, 0.25) is 0 Å². The number of rotatable bonds is 6. The van der Waals surface area contributed by atoms with E-state index in [-0.39, 0.29) is 30.3 Å². The van der Waals surface area contributed by atoms with Gasteiger partial charge in [-0.15, -0.1) is 0 Å². The lowest BCUT2D eigenvalue weighted by Gasteiger charge is -2.09. The van der Waals surface area contributed by atoms with E-state index in [1.165, 1.54) is 18.2 Å². The Morgan fingerprint density at radius 1 is 1.36 bits per heavy atom. The lowest BCUT2D eigenvalue weighted by Crippen LogP contribution is -2.19. The minimum absolute atomic E-state index is 0.0201. The maximum Gasteiger partial charge on any atom is 0.422 e. The molecule has 0 radical (unpaired) electrons. The van der Waals surface area contributed by atoms with Gasteiger partial charge >= 0.3 is 12.1 Å². The highest BCUT2D eigenvalue weighted by Gasteiger charge is 2.28. The van der Waals surface area contributed by atoms with Gasteiger partial charge in [-0.3, -0.25) is 4.79 Å². The maximum absolute atomic E-state index is 12.1. The van der Waals surface area contributed by atoms with Crippen LogP contribution in [0, 0.1) is 0 Å². The number of nitrogens with zero attached hydrogens (tertiary/aromatic N) is 2. The summed E-state index contributed by atoms with van der Waals surface area (Å²) in [6, 6.07) is 5.79. The summed E-state index contributed by atoms with van der Waals surface area (Å²) in [6.45, 7) is -1.40. The molecule has 0 saturated carbocycles. The summed E-state index contributed by atoms with van der Waals surface area (Å²) in [6.07, 6.45) is -4.50. The number of alkyl halides is 3. The third-order valence-electron chi connectivity index (χ3n) is 2.52. The molecule has 9 heteroatoms. The number of carboxylic acid groups (broad SMARTS) is 1. The second-order valence-electron chi connectivity index (χ2n) is 4.34. The van der Waals surface area contributed by atoms with Crippen molar-refractivity contribution in [3.63, 3.8) is 0 Å². The Morgan fingerprint density at radius 3 is 2.82 bits per heavy atom. The van der Waals surface area contributed by atoms with E-state index in [2.05, 4.69) is 14.9 Å². The predicted octanol–water partition coefficient (Wildman–Crippen LogP) is 2.69. The number of aromatic nitrogens is 2. The van der Waals surface area contributed by atoms with Crippen LogP contribution in [-0.2, 0) is 11.2 Å². The van der Waals surface area contributed by atoms with Crippen molar-refractivity contribution in [2.24, 2.45) is 0 Å². The molecule has 2 aromatic rings. The molecule has 0 bridgehead atoms. The predicted molar refractivity (Wildman–Crippen MR) is 67.2 cm³/mol. The second kappa shape index (κ2) is 6.46. The first-order chi connectivity index (χ1) is 10.3. The van der Waals surface area contributed by atoms with Gasteiger partial charge in [-0.2, -0.15) is 18.2 Å². The van der Waals surface area contributed by atoms with E-state index in [9.17, 15) is 18.0 Å². The van der Waals surface area contributed by atoms with Gasteiger partial charge in [0.05, 0.1) is 6.42 Å². The third kappa shape index (κ3) is 4.76. The minimum Gasteiger partial charge on any atom is -0.484 e. The Morgan fingerprint density at radius 2 is 2.14 bits per heavy atom. The summed E-state index contributed by atoms with van der Waals surface area (Å²) < 4.78 is 45.8. The van der Waals surface area contributed by atoms with E-state index in [4.69, 9.17) is 9.63 Å². The maximum atomic E-state index is 12.1. The minimum atomic E-state index is -4.42. The SMILES string of the molecule is O=C(O)CCc1nc(-c2cccc(OCC(F)(F)F)c2)no1. The quantitative estimate of drug-likeness (QED) is 0.882. The number of carbonyl (C=O) groups is 1.